The van der Waals surface area contributed by atoms with Crippen molar-refractivity contribution in [3.63, 3.8) is 0 Å². The van der Waals surface area contributed by atoms with Gasteiger partial charge in [-0.25, -0.2) is 0 Å². The van der Waals surface area contributed by atoms with Gasteiger partial charge in [-0.05, 0) is 25.8 Å². The van der Waals surface area contributed by atoms with E-state index in [1.54, 1.807) is 0 Å². The third-order valence-electron chi connectivity index (χ3n) is 3.61. The second-order valence-electron chi connectivity index (χ2n) is 5.13. The van der Waals surface area contributed by atoms with Crippen LogP contribution >= 0.6 is 0 Å². The van der Waals surface area contributed by atoms with Crippen molar-refractivity contribution in [1.82, 2.24) is 10.2 Å². The number of aryl methyl sites for hydroxylation is 2. The van der Waals surface area contributed by atoms with E-state index in [9.17, 15) is 0 Å². The highest BCUT2D eigenvalue weighted by Gasteiger charge is 2.20. The summed E-state index contributed by atoms with van der Waals surface area (Å²) < 4.78 is 0. The second-order valence-corrected chi connectivity index (χ2v) is 5.13. The van der Waals surface area contributed by atoms with Crippen molar-refractivity contribution in [1.29, 1.82) is 0 Å². The average Bonchev–Trinajstić information content (AvgIpc) is 2.30. The van der Waals surface area contributed by atoms with Gasteiger partial charge in [-0.15, -0.1) is 0 Å². The normalized spacial score (nSPS) is 19.2. The van der Waals surface area contributed by atoms with E-state index in [2.05, 4.69) is 49.2 Å². The Morgan fingerprint density at radius 2 is 1.71 bits per heavy atom. The summed E-state index contributed by atoms with van der Waals surface area (Å²) in [6.07, 6.45) is 1.20. The number of hydrogen-bond acceptors (Lipinski definition) is 2. The quantitative estimate of drug-likeness (QED) is 0.862. The lowest BCUT2D eigenvalue weighted by molar-refractivity contribution is 0.169. The highest BCUT2D eigenvalue weighted by molar-refractivity contribution is 5.30. The molecule has 1 aromatic rings. The minimum atomic E-state index is 0.593. The maximum atomic E-state index is 3.43. The standard InChI is InChI=1S/C15H24N2/c1-4-15(17-7-5-16-6-8-17)14-10-12(2)9-13(3)11-14/h9-11,15-16H,4-8H2,1-3H3/t15-/m0/s1. The highest BCUT2D eigenvalue weighted by atomic mass is 15.2. The van der Waals surface area contributed by atoms with Crippen LogP contribution in [-0.4, -0.2) is 31.1 Å². The van der Waals surface area contributed by atoms with Gasteiger partial charge in [0, 0.05) is 32.2 Å². The van der Waals surface area contributed by atoms with Crippen LogP contribution < -0.4 is 5.32 Å². The van der Waals surface area contributed by atoms with Crippen molar-refractivity contribution in [2.45, 2.75) is 33.2 Å². The monoisotopic (exact) mass is 232 g/mol. The Morgan fingerprint density at radius 3 is 2.24 bits per heavy atom. The fourth-order valence-corrected chi connectivity index (χ4v) is 2.90. The minimum absolute atomic E-state index is 0.593. The zero-order valence-corrected chi connectivity index (χ0v) is 11.3. The summed E-state index contributed by atoms with van der Waals surface area (Å²) >= 11 is 0. The Hall–Kier alpha value is -0.860. The number of nitrogens with one attached hydrogen (secondary N) is 1. The summed E-state index contributed by atoms with van der Waals surface area (Å²) in [5.74, 6) is 0. The molecule has 94 valence electrons. The molecule has 2 rings (SSSR count). The van der Waals surface area contributed by atoms with Gasteiger partial charge in [-0.1, -0.05) is 36.2 Å². The van der Waals surface area contributed by atoms with Gasteiger partial charge in [-0.3, -0.25) is 4.90 Å². The average molecular weight is 232 g/mol. The lowest BCUT2D eigenvalue weighted by Gasteiger charge is -2.35. The van der Waals surface area contributed by atoms with Crippen molar-refractivity contribution in [2.75, 3.05) is 26.2 Å². The van der Waals surface area contributed by atoms with Crippen LogP contribution in [0.3, 0.4) is 0 Å². The largest absolute Gasteiger partial charge is 0.314 e. The van der Waals surface area contributed by atoms with Crippen LogP contribution in [-0.2, 0) is 0 Å². The molecular formula is C15H24N2. The zero-order chi connectivity index (χ0) is 12.3. The van der Waals surface area contributed by atoms with E-state index in [0.29, 0.717) is 6.04 Å². The molecule has 2 heteroatoms. The van der Waals surface area contributed by atoms with Gasteiger partial charge in [0.25, 0.3) is 0 Å². The van der Waals surface area contributed by atoms with Crippen LogP contribution in [0.4, 0.5) is 0 Å². The highest BCUT2D eigenvalue weighted by Crippen LogP contribution is 2.26. The van der Waals surface area contributed by atoms with E-state index in [4.69, 9.17) is 0 Å². The van der Waals surface area contributed by atoms with Gasteiger partial charge in [0.1, 0.15) is 0 Å². The maximum Gasteiger partial charge on any atom is 0.0346 e. The Kier molecular flexibility index (Phi) is 4.19. The zero-order valence-electron chi connectivity index (χ0n) is 11.3. The molecule has 1 heterocycles. The smallest absolute Gasteiger partial charge is 0.0346 e. The molecule has 0 aromatic heterocycles. The van der Waals surface area contributed by atoms with Crippen molar-refractivity contribution < 1.29 is 0 Å². The lowest BCUT2D eigenvalue weighted by atomic mass is 9.98. The summed E-state index contributed by atoms with van der Waals surface area (Å²) in [7, 11) is 0. The molecule has 1 saturated heterocycles. The third kappa shape index (κ3) is 3.08. The molecule has 0 unspecified atom stereocenters. The van der Waals surface area contributed by atoms with Crippen LogP contribution in [0.1, 0.15) is 36.1 Å². The maximum absolute atomic E-state index is 3.43. The lowest BCUT2D eigenvalue weighted by Crippen LogP contribution is -2.45. The van der Waals surface area contributed by atoms with E-state index >= 15 is 0 Å². The van der Waals surface area contributed by atoms with Gasteiger partial charge < -0.3 is 5.32 Å². The minimum Gasteiger partial charge on any atom is -0.314 e. The number of nitrogens with zero attached hydrogens (tertiary/aromatic N) is 1. The summed E-state index contributed by atoms with van der Waals surface area (Å²) in [5.41, 5.74) is 4.26. The molecule has 0 aliphatic carbocycles. The first kappa shape index (κ1) is 12.6. The molecule has 1 aliphatic heterocycles. The molecule has 1 aromatic carbocycles. The first-order valence-corrected chi connectivity index (χ1v) is 6.73. The Bertz CT molecular complexity index is 347. The summed E-state index contributed by atoms with van der Waals surface area (Å²) in [6.45, 7) is 11.3. The molecule has 1 aliphatic rings. The Balaban J connectivity index is 2.21. The van der Waals surface area contributed by atoms with Crippen LogP contribution in [0, 0.1) is 13.8 Å². The molecule has 17 heavy (non-hydrogen) atoms. The van der Waals surface area contributed by atoms with Crippen LogP contribution in [0.2, 0.25) is 0 Å². The van der Waals surface area contributed by atoms with Crippen molar-refractivity contribution in [2.24, 2.45) is 0 Å². The number of piperazine rings is 1. The fourth-order valence-electron chi connectivity index (χ4n) is 2.90. The van der Waals surface area contributed by atoms with Crippen LogP contribution in [0.5, 0.6) is 0 Å². The number of benzene rings is 1. The molecule has 0 radical (unpaired) electrons. The van der Waals surface area contributed by atoms with E-state index < -0.39 is 0 Å². The Morgan fingerprint density at radius 1 is 1.12 bits per heavy atom. The second kappa shape index (κ2) is 5.65. The molecule has 2 nitrogen and oxygen atoms in total. The first-order valence-electron chi connectivity index (χ1n) is 6.73. The van der Waals surface area contributed by atoms with Crippen molar-refractivity contribution in [3.05, 3.63) is 34.9 Å². The molecule has 0 bridgehead atoms. The van der Waals surface area contributed by atoms with E-state index in [-0.39, 0.29) is 0 Å². The number of hydrogen-bond donors (Lipinski definition) is 1. The van der Waals surface area contributed by atoms with Crippen molar-refractivity contribution >= 4 is 0 Å². The van der Waals surface area contributed by atoms with Crippen LogP contribution in [0.15, 0.2) is 18.2 Å². The van der Waals surface area contributed by atoms with E-state index in [0.717, 1.165) is 13.1 Å². The predicted octanol–water partition coefficient (Wildman–Crippen LogP) is 2.66. The van der Waals surface area contributed by atoms with Gasteiger partial charge in [0.2, 0.25) is 0 Å². The molecular weight excluding hydrogens is 208 g/mol. The number of rotatable bonds is 3. The predicted molar refractivity (Wildman–Crippen MR) is 73.4 cm³/mol. The molecule has 1 N–H and O–H groups in total. The third-order valence-corrected chi connectivity index (χ3v) is 3.61. The topological polar surface area (TPSA) is 15.3 Å². The molecule has 0 spiro atoms. The van der Waals surface area contributed by atoms with E-state index in [1.165, 1.54) is 36.2 Å². The van der Waals surface area contributed by atoms with Gasteiger partial charge in [0.15, 0.2) is 0 Å². The van der Waals surface area contributed by atoms with Gasteiger partial charge in [-0.2, -0.15) is 0 Å². The summed E-state index contributed by atoms with van der Waals surface area (Å²) in [4.78, 5) is 2.62. The van der Waals surface area contributed by atoms with Gasteiger partial charge in [0.05, 0.1) is 0 Å². The molecule has 1 fully saturated rings. The SMILES string of the molecule is CC[C@@H](c1cc(C)cc(C)c1)N1CCNCC1. The van der Waals surface area contributed by atoms with Crippen molar-refractivity contribution in [3.8, 4) is 0 Å². The summed E-state index contributed by atoms with van der Waals surface area (Å²) in [5, 5.41) is 3.43. The fraction of sp³-hybridized carbons (Fsp3) is 0.600. The van der Waals surface area contributed by atoms with Crippen LogP contribution in [0.25, 0.3) is 0 Å². The molecule has 0 amide bonds. The molecule has 1 atom stereocenters. The first-order chi connectivity index (χ1) is 8.20. The van der Waals surface area contributed by atoms with E-state index in [1.807, 2.05) is 0 Å². The summed E-state index contributed by atoms with van der Waals surface area (Å²) in [6, 6.07) is 7.55. The molecule has 0 saturated carbocycles. The van der Waals surface area contributed by atoms with Gasteiger partial charge >= 0.3 is 0 Å². The Labute approximate surface area is 105 Å².